The summed E-state index contributed by atoms with van der Waals surface area (Å²) in [6.45, 7) is 15.9. The van der Waals surface area contributed by atoms with Gasteiger partial charge in [0.2, 0.25) is 6.71 Å². The van der Waals surface area contributed by atoms with E-state index in [4.69, 9.17) is 9.97 Å². The molecule has 3 aromatic rings. The predicted molar refractivity (Wildman–Crippen MR) is 121 cm³/mol. The van der Waals surface area contributed by atoms with Crippen LogP contribution in [0.2, 0.25) is 0 Å². The molecule has 3 heteroatoms. The van der Waals surface area contributed by atoms with E-state index in [1.807, 2.05) is 12.4 Å². The number of aromatic nitrogens is 2. The van der Waals surface area contributed by atoms with Crippen LogP contribution < -0.4 is 16.4 Å². The molecule has 1 aliphatic rings. The first-order chi connectivity index (χ1) is 13.3. The van der Waals surface area contributed by atoms with Gasteiger partial charge < -0.3 is 0 Å². The smallest absolute Gasteiger partial charge is 0.247 e. The van der Waals surface area contributed by atoms with E-state index in [0.29, 0.717) is 11.8 Å². The average Bonchev–Trinajstić information content (AvgIpc) is 2.93. The van der Waals surface area contributed by atoms with Crippen molar-refractivity contribution in [3.63, 3.8) is 0 Å². The van der Waals surface area contributed by atoms with Crippen molar-refractivity contribution < 1.29 is 0 Å². The Morgan fingerprint density at radius 2 is 1.07 bits per heavy atom. The summed E-state index contributed by atoms with van der Waals surface area (Å²) in [7, 11) is 0. The predicted octanol–water partition coefficient (Wildman–Crippen LogP) is 4.15. The molecular weight excluding hydrogens is 339 g/mol. The molecule has 0 amide bonds. The summed E-state index contributed by atoms with van der Waals surface area (Å²) < 4.78 is 0. The SMILES string of the molecule is Cc1cnc2c(c1)B(c1c(C(C)C)cc(C)cc1C(C)C)c1cc(C)cnc1-2. The van der Waals surface area contributed by atoms with Crippen molar-refractivity contribution in [1.82, 2.24) is 9.97 Å². The largest absolute Gasteiger partial charge is 0.255 e. The van der Waals surface area contributed by atoms with Crippen molar-refractivity contribution >= 4 is 23.1 Å². The Morgan fingerprint density at radius 1 is 0.643 bits per heavy atom. The van der Waals surface area contributed by atoms with E-state index in [9.17, 15) is 0 Å². The minimum absolute atomic E-state index is 0.209. The fourth-order valence-electron chi connectivity index (χ4n) is 4.64. The second-order valence-electron chi connectivity index (χ2n) is 9.00. The molecule has 142 valence electrons. The number of rotatable bonds is 3. The number of benzene rings is 1. The van der Waals surface area contributed by atoms with Gasteiger partial charge >= 0.3 is 0 Å². The molecule has 0 spiro atoms. The van der Waals surface area contributed by atoms with E-state index in [1.54, 1.807) is 0 Å². The summed E-state index contributed by atoms with van der Waals surface area (Å²) in [5.74, 6) is 0.936. The van der Waals surface area contributed by atoms with E-state index in [0.717, 1.165) is 11.4 Å². The van der Waals surface area contributed by atoms with E-state index in [2.05, 4.69) is 72.7 Å². The van der Waals surface area contributed by atoms with E-state index < -0.39 is 0 Å². The Balaban J connectivity index is 2.10. The van der Waals surface area contributed by atoms with Gasteiger partial charge in [0.05, 0.1) is 11.4 Å². The molecule has 4 rings (SSSR count). The Morgan fingerprint density at radius 3 is 1.46 bits per heavy atom. The van der Waals surface area contributed by atoms with Gasteiger partial charge in [-0.25, -0.2) is 0 Å². The zero-order chi connectivity index (χ0) is 20.2. The van der Waals surface area contributed by atoms with Crippen molar-refractivity contribution in [2.75, 3.05) is 0 Å². The van der Waals surface area contributed by atoms with Crippen LogP contribution in [0, 0.1) is 20.8 Å². The molecule has 0 fully saturated rings. The van der Waals surface area contributed by atoms with Crippen molar-refractivity contribution in [1.29, 1.82) is 0 Å². The van der Waals surface area contributed by atoms with Crippen molar-refractivity contribution in [3.8, 4) is 11.4 Å². The molecule has 0 bridgehead atoms. The van der Waals surface area contributed by atoms with Gasteiger partial charge in [0.1, 0.15) is 0 Å². The summed E-state index contributed by atoms with van der Waals surface area (Å²) in [6, 6.07) is 9.40. The molecule has 0 N–H and O–H groups in total. The van der Waals surface area contributed by atoms with Crippen LogP contribution in [0.4, 0.5) is 0 Å². The van der Waals surface area contributed by atoms with Gasteiger partial charge in [-0.05, 0) is 65.8 Å². The van der Waals surface area contributed by atoms with Crippen LogP contribution in [-0.4, -0.2) is 16.7 Å². The number of hydrogen-bond acceptors (Lipinski definition) is 2. The Labute approximate surface area is 169 Å². The molecule has 0 saturated heterocycles. The number of pyridine rings is 2. The molecule has 28 heavy (non-hydrogen) atoms. The second-order valence-corrected chi connectivity index (χ2v) is 9.00. The van der Waals surface area contributed by atoms with E-state index in [1.165, 1.54) is 44.2 Å². The maximum atomic E-state index is 4.81. The number of nitrogens with zero attached hydrogens (tertiary/aromatic N) is 2. The normalized spacial score (nSPS) is 12.7. The lowest BCUT2D eigenvalue weighted by atomic mass is 9.36. The monoisotopic (exact) mass is 368 g/mol. The number of hydrogen-bond donors (Lipinski definition) is 0. The molecule has 2 aromatic heterocycles. The lowest BCUT2D eigenvalue weighted by Gasteiger charge is -2.25. The summed E-state index contributed by atoms with van der Waals surface area (Å²) in [5, 5.41) is 0. The molecule has 1 aliphatic heterocycles. The fraction of sp³-hybridized carbons (Fsp3) is 0.360. The highest BCUT2D eigenvalue weighted by Gasteiger charge is 2.38. The third-order valence-electron chi connectivity index (χ3n) is 5.88. The second kappa shape index (κ2) is 6.88. The highest BCUT2D eigenvalue weighted by molar-refractivity contribution is 6.99. The molecule has 2 nitrogen and oxygen atoms in total. The Kier molecular flexibility index (Phi) is 4.65. The van der Waals surface area contributed by atoms with E-state index in [-0.39, 0.29) is 6.71 Å². The quantitative estimate of drug-likeness (QED) is 0.508. The lowest BCUT2D eigenvalue weighted by Crippen LogP contribution is -2.52. The molecule has 0 atom stereocenters. The van der Waals surface area contributed by atoms with Crippen LogP contribution in [0.5, 0.6) is 0 Å². The van der Waals surface area contributed by atoms with Crippen molar-refractivity contribution in [2.45, 2.75) is 60.3 Å². The molecule has 1 aromatic carbocycles. The van der Waals surface area contributed by atoms with Gasteiger partial charge in [0.15, 0.2) is 0 Å². The van der Waals surface area contributed by atoms with Crippen LogP contribution in [0.3, 0.4) is 0 Å². The molecule has 0 radical (unpaired) electrons. The minimum atomic E-state index is 0.209. The summed E-state index contributed by atoms with van der Waals surface area (Å²) in [5.41, 5.74) is 12.9. The van der Waals surface area contributed by atoms with Gasteiger partial charge in [0.25, 0.3) is 0 Å². The number of fused-ring (bicyclic) bond motifs is 3. The lowest BCUT2D eigenvalue weighted by molar-refractivity contribution is 0.842. The highest BCUT2D eigenvalue weighted by Crippen LogP contribution is 2.26. The molecule has 0 unspecified atom stereocenters. The van der Waals surface area contributed by atoms with Crippen LogP contribution in [-0.2, 0) is 0 Å². The van der Waals surface area contributed by atoms with Crippen molar-refractivity contribution in [2.24, 2.45) is 0 Å². The first kappa shape index (κ1) is 18.9. The fourth-order valence-corrected chi connectivity index (χ4v) is 4.64. The summed E-state index contributed by atoms with van der Waals surface area (Å²) >= 11 is 0. The maximum absolute atomic E-state index is 4.81. The highest BCUT2D eigenvalue weighted by atomic mass is 14.8. The zero-order valence-corrected chi connectivity index (χ0v) is 18.1. The first-order valence-electron chi connectivity index (χ1n) is 10.4. The minimum Gasteiger partial charge on any atom is -0.255 e. The number of aryl methyl sites for hydroxylation is 3. The standard InChI is InChI=1S/C25H29BN2/c1-14(2)19-8-16(5)9-20(15(3)4)23(19)26-21-10-17(6)12-27-24(21)25-22(26)11-18(7)13-28-25/h8-15H,1-7H3. The van der Waals surface area contributed by atoms with Crippen LogP contribution in [0.1, 0.15) is 67.3 Å². The third kappa shape index (κ3) is 2.98. The van der Waals surface area contributed by atoms with E-state index >= 15 is 0 Å². The average molecular weight is 368 g/mol. The third-order valence-corrected chi connectivity index (χ3v) is 5.88. The topological polar surface area (TPSA) is 25.8 Å². The van der Waals surface area contributed by atoms with Crippen LogP contribution >= 0.6 is 0 Å². The first-order valence-corrected chi connectivity index (χ1v) is 10.4. The van der Waals surface area contributed by atoms with Gasteiger partial charge in [-0.2, -0.15) is 0 Å². The van der Waals surface area contributed by atoms with Crippen molar-refractivity contribution in [3.05, 3.63) is 64.5 Å². The Bertz CT molecular complexity index is 986. The van der Waals surface area contributed by atoms with Crippen LogP contribution in [0.15, 0.2) is 36.7 Å². The molecule has 0 aliphatic carbocycles. The molecular formula is C25H29BN2. The molecule has 3 heterocycles. The molecule has 0 saturated carbocycles. The maximum Gasteiger partial charge on any atom is 0.247 e. The van der Waals surface area contributed by atoms with Crippen LogP contribution in [0.25, 0.3) is 11.4 Å². The summed E-state index contributed by atoms with van der Waals surface area (Å²) in [6.07, 6.45) is 3.93. The Hall–Kier alpha value is -2.42. The van der Waals surface area contributed by atoms with Gasteiger partial charge in [-0.15, -0.1) is 0 Å². The van der Waals surface area contributed by atoms with Gasteiger partial charge in [0, 0.05) is 12.4 Å². The van der Waals surface area contributed by atoms with Gasteiger partial charge in [-0.3, -0.25) is 9.97 Å². The van der Waals surface area contributed by atoms with Gasteiger partial charge in [-0.1, -0.05) is 63.0 Å². The zero-order valence-electron chi connectivity index (χ0n) is 18.1. The summed E-state index contributed by atoms with van der Waals surface area (Å²) in [4.78, 5) is 9.62.